The number of hydrogen-bond donors (Lipinski definition) is 2. The fraction of sp³-hybridized carbons (Fsp3) is 0.217. The van der Waals surface area contributed by atoms with Crippen LogP contribution in [0.25, 0.3) is 0 Å². The average molecular weight is 452 g/mol. The van der Waals surface area contributed by atoms with Gasteiger partial charge < -0.3 is 15.5 Å². The van der Waals surface area contributed by atoms with Crippen molar-refractivity contribution >= 4 is 23.4 Å². The summed E-state index contributed by atoms with van der Waals surface area (Å²) in [6.45, 7) is 0.639. The lowest BCUT2D eigenvalue weighted by Crippen LogP contribution is -2.26. The molecule has 0 aliphatic carbocycles. The van der Waals surface area contributed by atoms with Gasteiger partial charge in [0.1, 0.15) is 17.9 Å². The number of nitrogens with one attached hydrogen (secondary N) is 2. The van der Waals surface area contributed by atoms with Gasteiger partial charge in [0.15, 0.2) is 0 Å². The van der Waals surface area contributed by atoms with E-state index in [2.05, 4.69) is 20.6 Å². The van der Waals surface area contributed by atoms with Crippen molar-refractivity contribution in [3.63, 3.8) is 0 Å². The van der Waals surface area contributed by atoms with E-state index in [1.807, 2.05) is 35.2 Å². The fourth-order valence-electron chi connectivity index (χ4n) is 3.56. The summed E-state index contributed by atoms with van der Waals surface area (Å²) in [4.78, 5) is 23.3. The summed E-state index contributed by atoms with van der Waals surface area (Å²) >= 11 is 0. The summed E-state index contributed by atoms with van der Waals surface area (Å²) in [5.41, 5.74) is 2.12. The van der Waals surface area contributed by atoms with Crippen LogP contribution < -0.4 is 15.5 Å². The summed E-state index contributed by atoms with van der Waals surface area (Å²) in [6, 6.07) is 14.5. The molecule has 0 radical (unpaired) electrons. The highest BCUT2D eigenvalue weighted by atomic mass is 19.4. The van der Waals surface area contributed by atoms with Crippen LogP contribution in [0.4, 0.5) is 30.6 Å². The first-order chi connectivity index (χ1) is 15.9. The van der Waals surface area contributed by atoms with Crippen LogP contribution in [0.5, 0.6) is 0 Å². The summed E-state index contributed by atoms with van der Waals surface area (Å²) < 4.78 is 38.4. The molecule has 2 N–H and O–H groups in total. The van der Waals surface area contributed by atoms with Gasteiger partial charge >= 0.3 is 6.18 Å². The molecule has 0 fully saturated rings. The van der Waals surface area contributed by atoms with E-state index in [9.17, 15) is 18.0 Å². The van der Waals surface area contributed by atoms with Crippen molar-refractivity contribution in [1.29, 1.82) is 5.26 Å². The number of hydrogen-bond acceptors (Lipinski definition) is 6. The van der Waals surface area contributed by atoms with E-state index in [4.69, 9.17) is 5.26 Å². The average Bonchev–Trinajstić information content (AvgIpc) is 3.25. The number of amides is 1. The van der Waals surface area contributed by atoms with Crippen LogP contribution in [0.2, 0.25) is 0 Å². The number of carbonyl (C=O) groups is 1. The Bertz CT molecular complexity index is 1200. The fourth-order valence-corrected chi connectivity index (χ4v) is 3.56. The van der Waals surface area contributed by atoms with Gasteiger partial charge in [-0.2, -0.15) is 23.4 Å². The maximum Gasteiger partial charge on any atom is 0.416 e. The summed E-state index contributed by atoms with van der Waals surface area (Å²) in [5, 5.41) is 14.2. The molecule has 0 saturated heterocycles. The smallest absolute Gasteiger partial charge is 0.365 e. The number of alkyl halides is 3. The summed E-state index contributed by atoms with van der Waals surface area (Å²) in [6.07, 6.45) is -2.20. The zero-order valence-electron chi connectivity index (χ0n) is 17.4. The molecule has 1 amide bonds. The Morgan fingerprint density at radius 2 is 1.91 bits per heavy atom. The van der Waals surface area contributed by atoms with E-state index in [-0.39, 0.29) is 24.5 Å². The second-order valence-corrected chi connectivity index (χ2v) is 7.35. The van der Waals surface area contributed by atoms with Gasteiger partial charge in [0.2, 0.25) is 5.95 Å². The van der Waals surface area contributed by atoms with Gasteiger partial charge in [0.05, 0.1) is 11.6 Å². The number of aromatic nitrogens is 2. The van der Waals surface area contributed by atoms with Crippen molar-refractivity contribution < 1.29 is 18.0 Å². The molecule has 0 atom stereocenters. The zero-order chi connectivity index (χ0) is 23.4. The normalized spacial score (nSPS) is 12.7. The largest absolute Gasteiger partial charge is 0.416 e. The first kappa shape index (κ1) is 22.1. The van der Waals surface area contributed by atoms with Gasteiger partial charge in [-0.15, -0.1) is 0 Å². The van der Waals surface area contributed by atoms with E-state index in [0.29, 0.717) is 18.1 Å². The molecule has 0 saturated carbocycles. The van der Waals surface area contributed by atoms with Gasteiger partial charge in [0.25, 0.3) is 5.91 Å². The maximum absolute atomic E-state index is 12.8. The molecule has 33 heavy (non-hydrogen) atoms. The molecular weight excluding hydrogens is 433 g/mol. The SMILES string of the molecule is N#CCNC(=O)c1cnc(N2CCc3ccccc32)nc1NCc1ccc(C(F)(F)F)cc1. The van der Waals surface area contributed by atoms with Crippen LogP contribution >= 0.6 is 0 Å². The Kier molecular flexibility index (Phi) is 6.13. The minimum atomic E-state index is -4.41. The molecule has 1 aliphatic rings. The van der Waals surface area contributed by atoms with Crippen molar-refractivity contribution in [3.8, 4) is 6.07 Å². The van der Waals surface area contributed by atoms with E-state index in [0.717, 1.165) is 29.8 Å². The highest BCUT2D eigenvalue weighted by Crippen LogP contribution is 2.33. The third-order valence-corrected chi connectivity index (χ3v) is 5.22. The number of para-hydroxylation sites is 1. The van der Waals surface area contributed by atoms with E-state index >= 15 is 0 Å². The van der Waals surface area contributed by atoms with Crippen LogP contribution in [-0.2, 0) is 19.1 Å². The lowest BCUT2D eigenvalue weighted by atomic mass is 10.1. The van der Waals surface area contributed by atoms with E-state index in [1.54, 1.807) is 0 Å². The number of anilines is 3. The minimum Gasteiger partial charge on any atom is -0.365 e. The minimum absolute atomic E-state index is 0.133. The van der Waals surface area contributed by atoms with Crippen molar-refractivity contribution in [2.45, 2.75) is 19.1 Å². The van der Waals surface area contributed by atoms with Crippen LogP contribution in [0.3, 0.4) is 0 Å². The molecule has 1 aliphatic heterocycles. The van der Waals surface area contributed by atoms with Crippen LogP contribution in [0.15, 0.2) is 54.7 Å². The third-order valence-electron chi connectivity index (χ3n) is 5.22. The first-order valence-electron chi connectivity index (χ1n) is 10.1. The Morgan fingerprint density at radius 3 is 2.64 bits per heavy atom. The number of halogens is 3. The van der Waals surface area contributed by atoms with Crippen molar-refractivity contribution in [2.24, 2.45) is 0 Å². The molecule has 2 aromatic carbocycles. The van der Waals surface area contributed by atoms with Gasteiger partial charge in [0, 0.05) is 25.0 Å². The molecule has 10 heteroatoms. The van der Waals surface area contributed by atoms with Crippen molar-refractivity contribution in [1.82, 2.24) is 15.3 Å². The standard InChI is InChI=1S/C23H19F3N6O/c24-23(25,26)17-7-5-15(6-8-17)13-29-20-18(21(33)28-11-10-27)14-30-22(31-20)32-12-9-16-3-1-2-4-19(16)32/h1-8,14H,9,11-13H2,(H,28,33)(H,29,30,31). The highest BCUT2D eigenvalue weighted by Gasteiger charge is 2.30. The monoisotopic (exact) mass is 452 g/mol. The van der Waals surface area contributed by atoms with Crippen LogP contribution in [-0.4, -0.2) is 29.0 Å². The summed E-state index contributed by atoms with van der Waals surface area (Å²) in [7, 11) is 0. The second-order valence-electron chi connectivity index (χ2n) is 7.35. The third kappa shape index (κ3) is 4.87. The molecule has 0 spiro atoms. The number of carbonyl (C=O) groups excluding carboxylic acids is 1. The van der Waals surface area contributed by atoms with E-state index < -0.39 is 17.6 Å². The zero-order valence-corrected chi connectivity index (χ0v) is 17.4. The molecule has 1 aromatic heterocycles. The molecule has 7 nitrogen and oxygen atoms in total. The van der Waals surface area contributed by atoms with E-state index in [1.165, 1.54) is 18.3 Å². The molecule has 2 heterocycles. The number of rotatable bonds is 6. The lowest BCUT2D eigenvalue weighted by molar-refractivity contribution is -0.137. The first-order valence-corrected chi connectivity index (χ1v) is 10.1. The lowest BCUT2D eigenvalue weighted by Gasteiger charge is -2.19. The second kappa shape index (κ2) is 9.16. The Labute approximate surface area is 187 Å². The molecule has 4 rings (SSSR count). The topological polar surface area (TPSA) is 93.9 Å². The van der Waals surface area contributed by atoms with Crippen LogP contribution in [0, 0.1) is 11.3 Å². The Balaban J connectivity index is 1.60. The molecular formula is C23H19F3N6O. The predicted molar refractivity (Wildman–Crippen MR) is 116 cm³/mol. The molecule has 168 valence electrons. The molecule has 0 bridgehead atoms. The molecule has 0 unspecified atom stereocenters. The quantitative estimate of drug-likeness (QED) is 0.548. The highest BCUT2D eigenvalue weighted by molar-refractivity contribution is 5.98. The molecule has 3 aromatic rings. The predicted octanol–water partition coefficient (Wildman–Crippen LogP) is 4.06. The Hall–Kier alpha value is -4.13. The number of benzene rings is 2. The van der Waals surface area contributed by atoms with Gasteiger partial charge in [-0.05, 0) is 35.7 Å². The number of nitriles is 1. The van der Waals surface area contributed by atoms with Gasteiger partial charge in [-0.25, -0.2) is 4.98 Å². The van der Waals surface area contributed by atoms with Crippen LogP contribution in [0.1, 0.15) is 27.0 Å². The maximum atomic E-state index is 12.8. The van der Waals surface area contributed by atoms with Gasteiger partial charge in [-0.3, -0.25) is 4.79 Å². The van der Waals surface area contributed by atoms with Crippen molar-refractivity contribution in [2.75, 3.05) is 23.3 Å². The van der Waals surface area contributed by atoms with Crippen molar-refractivity contribution in [3.05, 3.63) is 77.0 Å². The number of fused-ring (bicyclic) bond motifs is 1. The number of nitrogens with zero attached hydrogens (tertiary/aromatic N) is 4. The Morgan fingerprint density at radius 1 is 1.15 bits per heavy atom. The van der Waals surface area contributed by atoms with Gasteiger partial charge in [-0.1, -0.05) is 30.3 Å². The summed E-state index contributed by atoms with van der Waals surface area (Å²) in [5.74, 6) is 0.0891.